The fourth-order valence-corrected chi connectivity index (χ4v) is 2.71. The van der Waals surface area contributed by atoms with Crippen LogP contribution in [0.2, 0.25) is 0 Å². The molecule has 1 amide bonds. The number of hydrogen-bond donors (Lipinski definition) is 0. The van der Waals surface area contributed by atoms with Gasteiger partial charge < -0.3 is 9.64 Å². The van der Waals surface area contributed by atoms with Gasteiger partial charge in [0.2, 0.25) is 0 Å². The van der Waals surface area contributed by atoms with Gasteiger partial charge in [-0.25, -0.2) is 14.4 Å². The van der Waals surface area contributed by atoms with E-state index in [1.807, 2.05) is 0 Å². The van der Waals surface area contributed by atoms with Crippen molar-refractivity contribution in [3.8, 4) is 6.01 Å². The van der Waals surface area contributed by atoms with Gasteiger partial charge in [0.05, 0.1) is 11.0 Å². The van der Waals surface area contributed by atoms with Gasteiger partial charge in [-0.3, -0.25) is 4.79 Å². The van der Waals surface area contributed by atoms with E-state index in [0.717, 1.165) is 17.3 Å². The summed E-state index contributed by atoms with van der Waals surface area (Å²) in [5.41, 5.74) is 0.479. The van der Waals surface area contributed by atoms with Crippen LogP contribution in [0.5, 0.6) is 6.01 Å². The molecule has 2 heterocycles. The van der Waals surface area contributed by atoms with Gasteiger partial charge in [-0.2, -0.15) is 0 Å². The standard InChI is InChI=1S/C16H15BrFN3O2/c17-12-8-19-16(20-9-12)23-14-2-1-7-21(10-14)15(22)11-3-5-13(18)6-4-11/h3-6,8-9,14H,1-2,7,10H2. The van der Waals surface area contributed by atoms with Gasteiger partial charge in [0.15, 0.2) is 0 Å². The van der Waals surface area contributed by atoms with Crippen LogP contribution >= 0.6 is 15.9 Å². The number of rotatable bonds is 3. The summed E-state index contributed by atoms with van der Waals surface area (Å²) in [6, 6.07) is 5.89. The van der Waals surface area contributed by atoms with Gasteiger partial charge in [-0.15, -0.1) is 0 Å². The molecular weight excluding hydrogens is 365 g/mol. The van der Waals surface area contributed by atoms with Crippen molar-refractivity contribution < 1.29 is 13.9 Å². The molecule has 0 bridgehead atoms. The van der Waals surface area contributed by atoms with Gasteiger partial charge >= 0.3 is 6.01 Å². The molecule has 3 rings (SSSR count). The van der Waals surface area contributed by atoms with E-state index in [4.69, 9.17) is 4.74 Å². The second-order valence-corrected chi connectivity index (χ2v) is 6.24. The van der Waals surface area contributed by atoms with Crippen LogP contribution in [0.25, 0.3) is 0 Å². The number of ether oxygens (including phenoxy) is 1. The molecule has 1 fully saturated rings. The summed E-state index contributed by atoms with van der Waals surface area (Å²) in [4.78, 5) is 22.4. The molecule has 0 radical (unpaired) electrons. The molecule has 1 aromatic carbocycles. The van der Waals surface area contributed by atoms with Crippen molar-refractivity contribution in [3.05, 3.63) is 52.5 Å². The van der Waals surface area contributed by atoms with Crippen LogP contribution in [0.4, 0.5) is 4.39 Å². The van der Waals surface area contributed by atoms with Gasteiger partial charge in [0.25, 0.3) is 5.91 Å². The highest BCUT2D eigenvalue weighted by Crippen LogP contribution is 2.18. The summed E-state index contributed by atoms with van der Waals surface area (Å²) in [7, 11) is 0. The quantitative estimate of drug-likeness (QED) is 0.822. The van der Waals surface area contributed by atoms with E-state index in [1.54, 1.807) is 17.3 Å². The molecule has 0 spiro atoms. The lowest BCUT2D eigenvalue weighted by Gasteiger charge is -2.32. The van der Waals surface area contributed by atoms with Crippen molar-refractivity contribution in [3.63, 3.8) is 0 Å². The fourth-order valence-electron chi connectivity index (χ4n) is 2.50. The number of halogens is 2. The van der Waals surface area contributed by atoms with Crippen LogP contribution < -0.4 is 4.74 Å². The zero-order valence-corrected chi connectivity index (χ0v) is 13.9. The minimum Gasteiger partial charge on any atom is -0.458 e. The third-order valence-corrected chi connectivity index (χ3v) is 4.03. The van der Waals surface area contributed by atoms with E-state index in [9.17, 15) is 9.18 Å². The van der Waals surface area contributed by atoms with E-state index in [0.29, 0.717) is 24.7 Å². The van der Waals surface area contributed by atoms with Crippen molar-refractivity contribution in [1.29, 1.82) is 0 Å². The smallest absolute Gasteiger partial charge is 0.316 e. The average Bonchev–Trinajstić information content (AvgIpc) is 2.57. The summed E-state index contributed by atoms with van der Waals surface area (Å²) < 4.78 is 19.5. The van der Waals surface area contributed by atoms with Crippen LogP contribution in [-0.4, -0.2) is 40.0 Å². The monoisotopic (exact) mass is 379 g/mol. The van der Waals surface area contributed by atoms with Crippen molar-refractivity contribution in [2.75, 3.05) is 13.1 Å². The number of likely N-dealkylation sites (tertiary alicyclic amines) is 1. The maximum absolute atomic E-state index is 13.0. The average molecular weight is 380 g/mol. The van der Waals surface area contributed by atoms with Crippen molar-refractivity contribution in [2.24, 2.45) is 0 Å². The lowest BCUT2D eigenvalue weighted by Crippen LogP contribution is -2.44. The largest absolute Gasteiger partial charge is 0.458 e. The first-order valence-electron chi connectivity index (χ1n) is 7.31. The Morgan fingerprint density at radius 2 is 1.96 bits per heavy atom. The molecule has 1 unspecified atom stereocenters. The number of hydrogen-bond acceptors (Lipinski definition) is 4. The number of piperidine rings is 1. The minimum absolute atomic E-state index is 0.116. The summed E-state index contributed by atoms with van der Waals surface area (Å²) in [6.07, 6.45) is 4.77. The SMILES string of the molecule is O=C(c1ccc(F)cc1)N1CCCC(Oc2ncc(Br)cn2)C1. The first kappa shape index (κ1) is 15.9. The topological polar surface area (TPSA) is 55.3 Å². The molecule has 0 aliphatic carbocycles. The Kier molecular flexibility index (Phi) is 4.85. The van der Waals surface area contributed by atoms with Gasteiger partial charge in [0.1, 0.15) is 11.9 Å². The number of amides is 1. The first-order valence-corrected chi connectivity index (χ1v) is 8.10. The number of carbonyl (C=O) groups excluding carboxylic acids is 1. The van der Waals surface area contributed by atoms with Crippen LogP contribution in [0.15, 0.2) is 41.1 Å². The van der Waals surface area contributed by atoms with E-state index in [-0.39, 0.29) is 17.8 Å². The Morgan fingerprint density at radius 1 is 1.26 bits per heavy atom. The lowest BCUT2D eigenvalue weighted by atomic mass is 10.1. The minimum atomic E-state index is -0.353. The van der Waals surface area contributed by atoms with Crippen LogP contribution in [0.1, 0.15) is 23.2 Å². The molecule has 7 heteroatoms. The maximum atomic E-state index is 13.0. The van der Waals surface area contributed by atoms with Crippen molar-refractivity contribution >= 4 is 21.8 Å². The number of benzene rings is 1. The van der Waals surface area contributed by atoms with Gasteiger partial charge in [-0.1, -0.05) is 0 Å². The molecule has 5 nitrogen and oxygen atoms in total. The Bertz CT molecular complexity index is 679. The molecule has 1 saturated heterocycles. The molecule has 1 aromatic heterocycles. The molecule has 1 aliphatic heterocycles. The molecule has 2 aromatic rings. The highest BCUT2D eigenvalue weighted by molar-refractivity contribution is 9.10. The Balaban J connectivity index is 1.64. The molecule has 0 saturated carbocycles. The third kappa shape index (κ3) is 4.04. The number of aromatic nitrogens is 2. The van der Waals surface area contributed by atoms with Crippen LogP contribution in [0, 0.1) is 5.82 Å². The highest BCUT2D eigenvalue weighted by atomic mass is 79.9. The predicted octanol–water partition coefficient (Wildman–Crippen LogP) is 3.06. The van der Waals surface area contributed by atoms with Crippen LogP contribution in [-0.2, 0) is 0 Å². The third-order valence-electron chi connectivity index (χ3n) is 3.63. The van der Waals surface area contributed by atoms with Gasteiger partial charge in [0, 0.05) is 24.5 Å². The molecule has 23 heavy (non-hydrogen) atoms. The first-order chi connectivity index (χ1) is 11.1. The Labute approximate surface area is 141 Å². The maximum Gasteiger partial charge on any atom is 0.316 e. The van der Waals surface area contributed by atoms with E-state index >= 15 is 0 Å². The summed E-state index contributed by atoms with van der Waals surface area (Å²) in [5, 5.41) is 0. The lowest BCUT2D eigenvalue weighted by molar-refractivity contribution is 0.0515. The Hall–Kier alpha value is -2.02. The second kappa shape index (κ2) is 7.04. The van der Waals surface area contributed by atoms with Gasteiger partial charge in [-0.05, 0) is 53.0 Å². The zero-order valence-electron chi connectivity index (χ0n) is 12.3. The van der Waals surface area contributed by atoms with Crippen LogP contribution in [0.3, 0.4) is 0 Å². The Morgan fingerprint density at radius 3 is 2.65 bits per heavy atom. The van der Waals surface area contributed by atoms with E-state index in [2.05, 4.69) is 25.9 Å². The normalized spacial score (nSPS) is 17.8. The second-order valence-electron chi connectivity index (χ2n) is 5.32. The summed E-state index contributed by atoms with van der Waals surface area (Å²) in [5.74, 6) is -0.469. The van der Waals surface area contributed by atoms with E-state index in [1.165, 1.54) is 24.3 Å². The number of carbonyl (C=O) groups is 1. The van der Waals surface area contributed by atoms with Crippen molar-refractivity contribution in [1.82, 2.24) is 14.9 Å². The van der Waals surface area contributed by atoms with Crippen molar-refractivity contribution in [2.45, 2.75) is 18.9 Å². The predicted molar refractivity (Wildman–Crippen MR) is 85.7 cm³/mol. The highest BCUT2D eigenvalue weighted by Gasteiger charge is 2.26. The zero-order chi connectivity index (χ0) is 16.2. The molecule has 1 atom stereocenters. The molecule has 0 N–H and O–H groups in total. The molecular formula is C16H15BrFN3O2. The fraction of sp³-hybridized carbons (Fsp3) is 0.312. The summed E-state index contributed by atoms with van der Waals surface area (Å²) >= 11 is 3.27. The molecule has 120 valence electrons. The van der Waals surface area contributed by atoms with E-state index < -0.39 is 0 Å². The number of nitrogens with zero attached hydrogens (tertiary/aromatic N) is 3. The summed E-state index contributed by atoms with van der Waals surface area (Å²) in [6.45, 7) is 1.13. The molecule has 1 aliphatic rings.